The number of nitrogens with zero attached hydrogens (tertiary/aromatic N) is 3. The fourth-order valence-electron chi connectivity index (χ4n) is 2.09. The Morgan fingerprint density at radius 2 is 2.20 bits per heavy atom. The van der Waals surface area contributed by atoms with E-state index in [0.717, 1.165) is 17.3 Å². The van der Waals surface area contributed by atoms with Gasteiger partial charge in [0.1, 0.15) is 0 Å². The number of halogens is 1. The van der Waals surface area contributed by atoms with Crippen molar-refractivity contribution in [2.45, 2.75) is 19.9 Å². The summed E-state index contributed by atoms with van der Waals surface area (Å²) >= 11 is 0. The van der Waals surface area contributed by atoms with E-state index >= 15 is 0 Å². The number of benzene rings is 1. The van der Waals surface area contributed by atoms with Crippen LogP contribution in [0.2, 0.25) is 0 Å². The molecular formula is C13H15FN4O2. The summed E-state index contributed by atoms with van der Waals surface area (Å²) in [4.78, 5) is 9.94. The smallest absolute Gasteiger partial charge is 0.272 e. The number of anilines is 1. The average Bonchev–Trinajstić information content (AvgIpc) is 2.70. The second-order valence-electron chi connectivity index (χ2n) is 4.63. The number of nitrogens with one attached hydrogen (secondary N) is 1. The van der Waals surface area contributed by atoms with Crippen molar-refractivity contribution in [1.82, 2.24) is 9.78 Å². The Balaban J connectivity index is 2.22. The van der Waals surface area contributed by atoms with Gasteiger partial charge in [-0.1, -0.05) is 0 Å². The average molecular weight is 278 g/mol. The largest absolute Gasteiger partial charge is 0.376 e. The van der Waals surface area contributed by atoms with E-state index in [2.05, 4.69) is 10.4 Å². The lowest BCUT2D eigenvalue weighted by Crippen LogP contribution is -2.08. The Morgan fingerprint density at radius 1 is 1.50 bits per heavy atom. The number of hydrogen-bond donors (Lipinski definition) is 1. The summed E-state index contributed by atoms with van der Waals surface area (Å²) in [5.41, 5.74) is 1.77. The minimum absolute atomic E-state index is 0.153. The molecule has 106 valence electrons. The van der Waals surface area contributed by atoms with Crippen molar-refractivity contribution in [3.8, 4) is 0 Å². The Morgan fingerprint density at radius 3 is 2.70 bits per heavy atom. The molecule has 1 N–H and O–H groups in total. The summed E-state index contributed by atoms with van der Waals surface area (Å²) in [5.74, 6) is -0.646. The predicted octanol–water partition coefficient (Wildman–Crippen LogP) is 2.95. The lowest BCUT2D eigenvalue weighted by Gasteiger charge is -2.15. The van der Waals surface area contributed by atoms with E-state index in [4.69, 9.17) is 0 Å². The van der Waals surface area contributed by atoms with E-state index in [1.807, 2.05) is 27.1 Å². The van der Waals surface area contributed by atoms with Gasteiger partial charge in [-0.2, -0.15) is 5.10 Å². The van der Waals surface area contributed by atoms with Crippen LogP contribution in [0.1, 0.15) is 24.2 Å². The third-order valence-electron chi connectivity index (χ3n) is 3.05. The van der Waals surface area contributed by atoms with Crippen molar-refractivity contribution in [3.05, 3.63) is 51.6 Å². The van der Waals surface area contributed by atoms with Crippen LogP contribution in [0.15, 0.2) is 24.4 Å². The van der Waals surface area contributed by atoms with Crippen LogP contribution in [0, 0.1) is 22.9 Å². The van der Waals surface area contributed by atoms with Crippen molar-refractivity contribution in [3.63, 3.8) is 0 Å². The van der Waals surface area contributed by atoms with Crippen LogP contribution in [-0.2, 0) is 7.05 Å². The van der Waals surface area contributed by atoms with Crippen LogP contribution >= 0.6 is 0 Å². The second-order valence-corrected chi connectivity index (χ2v) is 4.63. The highest BCUT2D eigenvalue weighted by Crippen LogP contribution is 2.25. The molecule has 0 bridgehead atoms. The number of rotatable bonds is 4. The molecule has 0 saturated heterocycles. The first-order valence-corrected chi connectivity index (χ1v) is 6.09. The van der Waals surface area contributed by atoms with Gasteiger partial charge in [-0.3, -0.25) is 14.8 Å². The van der Waals surface area contributed by atoms with Gasteiger partial charge in [-0.25, -0.2) is 4.39 Å². The molecule has 0 aliphatic rings. The molecule has 0 amide bonds. The molecule has 1 unspecified atom stereocenters. The van der Waals surface area contributed by atoms with Crippen molar-refractivity contribution in [1.29, 1.82) is 0 Å². The molecule has 0 spiro atoms. The van der Waals surface area contributed by atoms with Crippen molar-refractivity contribution >= 4 is 11.4 Å². The summed E-state index contributed by atoms with van der Waals surface area (Å²) in [6.07, 6.45) is 1.86. The van der Waals surface area contributed by atoms with Crippen LogP contribution in [0.4, 0.5) is 15.8 Å². The molecule has 1 heterocycles. The first kappa shape index (κ1) is 14.0. The molecule has 1 aromatic carbocycles. The molecule has 20 heavy (non-hydrogen) atoms. The number of aryl methyl sites for hydroxylation is 2. The van der Waals surface area contributed by atoms with Crippen LogP contribution in [-0.4, -0.2) is 14.7 Å². The highest BCUT2D eigenvalue weighted by atomic mass is 19.1. The van der Waals surface area contributed by atoms with Gasteiger partial charge in [0.05, 0.1) is 28.4 Å². The highest BCUT2D eigenvalue weighted by Gasteiger charge is 2.15. The molecule has 1 atom stereocenters. The number of hydrogen-bond acceptors (Lipinski definition) is 4. The summed E-state index contributed by atoms with van der Waals surface area (Å²) in [5, 5.41) is 17.8. The third-order valence-corrected chi connectivity index (χ3v) is 3.05. The van der Waals surface area contributed by atoms with Gasteiger partial charge in [0.2, 0.25) is 0 Å². The standard InChI is InChI=1S/C13H15FN4O2/c1-8(11-7-17(3)16-9(11)2)15-13-5-4-10(18(19)20)6-12(13)14/h4-8,15H,1-3H3. The lowest BCUT2D eigenvalue weighted by atomic mass is 10.1. The summed E-state index contributed by atoms with van der Waals surface area (Å²) < 4.78 is 15.5. The topological polar surface area (TPSA) is 73.0 Å². The van der Waals surface area contributed by atoms with E-state index in [-0.39, 0.29) is 17.4 Å². The maximum absolute atomic E-state index is 13.8. The van der Waals surface area contributed by atoms with Crippen LogP contribution in [0.3, 0.4) is 0 Å². The van der Waals surface area contributed by atoms with Crippen molar-refractivity contribution < 1.29 is 9.31 Å². The molecule has 7 heteroatoms. The molecule has 1 aromatic heterocycles. The van der Waals surface area contributed by atoms with Gasteiger partial charge in [-0.05, 0) is 19.9 Å². The fourth-order valence-corrected chi connectivity index (χ4v) is 2.09. The third kappa shape index (κ3) is 2.76. The van der Waals surface area contributed by atoms with Crippen LogP contribution in [0.25, 0.3) is 0 Å². The molecule has 0 fully saturated rings. The SMILES string of the molecule is Cc1nn(C)cc1C(C)Nc1ccc([N+](=O)[O-])cc1F. The normalized spacial score (nSPS) is 12.2. The summed E-state index contributed by atoms with van der Waals surface area (Å²) in [6.45, 7) is 3.75. The Hall–Kier alpha value is -2.44. The van der Waals surface area contributed by atoms with Crippen LogP contribution in [0.5, 0.6) is 0 Å². The Bertz CT molecular complexity index is 654. The van der Waals surface area contributed by atoms with E-state index in [0.29, 0.717) is 0 Å². The van der Waals surface area contributed by atoms with Crippen LogP contribution < -0.4 is 5.32 Å². The first-order chi connectivity index (χ1) is 9.38. The zero-order chi connectivity index (χ0) is 14.9. The molecule has 6 nitrogen and oxygen atoms in total. The predicted molar refractivity (Wildman–Crippen MR) is 73.0 cm³/mol. The van der Waals surface area contributed by atoms with E-state index < -0.39 is 10.7 Å². The summed E-state index contributed by atoms with van der Waals surface area (Å²) in [6, 6.07) is 3.40. The van der Waals surface area contributed by atoms with Gasteiger partial charge in [0, 0.05) is 24.9 Å². The number of nitro groups is 1. The molecule has 0 aliphatic carbocycles. The number of aromatic nitrogens is 2. The second kappa shape index (κ2) is 5.28. The Labute approximate surface area is 115 Å². The van der Waals surface area contributed by atoms with Gasteiger partial charge in [0.15, 0.2) is 5.82 Å². The molecular weight excluding hydrogens is 263 g/mol. The highest BCUT2D eigenvalue weighted by molar-refractivity contribution is 5.51. The van der Waals surface area contributed by atoms with Gasteiger partial charge in [-0.15, -0.1) is 0 Å². The van der Waals surface area contributed by atoms with Crippen molar-refractivity contribution in [2.24, 2.45) is 7.05 Å². The van der Waals surface area contributed by atoms with Crippen molar-refractivity contribution in [2.75, 3.05) is 5.32 Å². The molecule has 2 aromatic rings. The van der Waals surface area contributed by atoms with Gasteiger partial charge >= 0.3 is 0 Å². The monoisotopic (exact) mass is 278 g/mol. The zero-order valence-corrected chi connectivity index (χ0v) is 11.4. The zero-order valence-electron chi connectivity index (χ0n) is 11.4. The first-order valence-electron chi connectivity index (χ1n) is 6.09. The Kier molecular flexibility index (Phi) is 3.69. The van der Waals surface area contributed by atoms with Gasteiger partial charge in [0.25, 0.3) is 5.69 Å². The maximum atomic E-state index is 13.8. The van der Waals surface area contributed by atoms with Gasteiger partial charge < -0.3 is 5.32 Å². The summed E-state index contributed by atoms with van der Waals surface area (Å²) in [7, 11) is 1.82. The minimum Gasteiger partial charge on any atom is -0.376 e. The van der Waals surface area contributed by atoms with E-state index in [1.165, 1.54) is 12.1 Å². The van der Waals surface area contributed by atoms with E-state index in [1.54, 1.807) is 4.68 Å². The molecule has 0 saturated carbocycles. The lowest BCUT2D eigenvalue weighted by molar-refractivity contribution is -0.385. The molecule has 0 radical (unpaired) electrons. The number of nitro benzene ring substituents is 1. The number of non-ortho nitro benzene ring substituents is 1. The molecule has 2 rings (SSSR count). The fraction of sp³-hybridized carbons (Fsp3) is 0.308. The maximum Gasteiger partial charge on any atom is 0.272 e. The van der Waals surface area contributed by atoms with E-state index in [9.17, 15) is 14.5 Å². The minimum atomic E-state index is -0.646. The quantitative estimate of drug-likeness (QED) is 0.689. The molecule has 0 aliphatic heterocycles.